The molecule has 0 fully saturated rings. The first-order valence-corrected chi connectivity index (χ1v) is 10.2. The van der Waals surface area contributed by atoms with Gasteiger partial charge in [0.25, 0.3) is 5.91 Å². The monoisotopic (exact) mass is 435 g/mol. The van der Waals surface area contributed by atoms with Crippen LogP contribution in [0.25, 0.3) is 5.69 Å². The number of amides is 1. The molecule has 1 N–H and O–H groups in total. The lowest BCUT2D eigenvalue weighted by molar-refractivity contribution is 0.101. The molecule has 0 aliphatic heterocycles. The van der Waals surface area contributed by atoms with Crippen LogP contribution in [0, 0.1) is 11.6 Å². The Labute approximate surface area is 169 Å². The number of ether oxygens (including phenoxy) is 1. The lowest BCUT2D eigenvalue weighted by Gasteiger charge is -2.13. The molecule has 3 rings (SSSR count). The molecule has 0 aliphatic carbocycles. The Hall–Kier alpha value is -3.60. The van der Waals surface area contributed by atoms with Crippen LogP contribution in [0.3, 0.4) is 0 Å². The second-order valence-corrected chi connectivity index (χ2v) is 8.18. The van der Waals surface area contributed by atoms with E-state index in [0.29, 0.717) is 0 Å². The molecule has 0 spiro atoms. The molecule has 0 radical (unpaired) electrons. The van der Waals surface area contributed by atoms with Gasteiger partial charge in [0.15, 0.2) is 27.2 Å². The van der Waals surface area contributed by atoms with Gasteiger partial charge in [-0.1, -0.05) is 0 Å². The maximum absolute atomic E-state index is 13.6. The average molecular weight is 435 g/mol. The summed E-state index contributed by atoms with van der Waals surface area (Å²) < 4.78 is 55.9. The number of nitrogens with one attached hydrogen (secondary N) is 1. The van der Waals surface area contributed by atoms with Gasteiger partial charge in [0.1, 0.15) is 0 Å². The third-order valence-electron chi connectivity index (χ3n) is 4.01. The number of anilines is 1. The molecule has 0 saturated carbocycles. The molecule has 2 aromatic carbocycles. The summed E-state index contributed by atoms with van der Waals surface area (Å²) in [4.78, 5) is 24.9. The van der Waals surface area contributed by atoms with E-state index in [0.717, 1.165) is 29.1 Å². The second kappa shape index (κ2) is 8.03. The average Bonchev–Trinajstić information content (AvgIpc) is 2.69. The Morgan fingerprint density at radius 1 is 1.07 bits per heavy atom. The number of benzene rings is 2. The van der Waals surface area contributed by atoms with E-state index in [1.54, 1.807) is 0 Å². The molecule has 156 valence electrons. The lowest BCUT2D eigenvalue weighted by atomic mass is 10.2. The minimum Gasteiger partial charge on any atom is -0.481 e. The van der Waals surface area contributed by atoms with Crippen molar-refractivity contribution in [1.29, 1.82) is 0 Å². The first kappa shape index (κ1) is 21.1. The van der Waals surface area contributed by atoms with Gasteiger partial charge in [-0.2, -0.15) is 5.10 Å². The van der Waals surface area contributed by atoms with E-state index in [2.05, 4.69) is 10.4 Å². The standard InChI is InChI=1S/C19H15F2N3O5S/c1-29-17-10-16(25)18(23-24(17)12-5-8-14(20)15(21)9-12)19(26)22-11-3-6-13(7-4-11)30(2,27)28/h3-10H,1-2H3,(H,22,26). The van der Waals surface area contributed by atoms with Crippen molar-refractivity contribution < 1.29 is 26.7 Å². The summed E-state index contributed by atoms with van der Waals surface area (Å²) in [5.41, 5.74) is -1.05. The third-order valence-corrected chi connectivity index (χ3v) is 5.14. The highest BCUT2D eigenvalue weighted by Gasteiger charge is 2.18. The number of nitrogens with zero attached hydrogens (tertiary/aromatic N) is 2. The van der Waals surface area contributed by atoms with Crippen molar-refractivity contribution in [3.8, 4) is 11.6 Å². The van der Waals surface area contributed by atoms with Crippen molar-refractivity contribution in [2.75, 3.05) is 18.7 Å². The Morgan fingerprint density at radius 3 is 2.30 bits per heavy atom. The van der Waals surface area contributed by atoms with Gasteiger partial charge < -0.3 is 10.1 Å². The minimum atomic E-state index is -3.41. The number of sulfone groups is 1. The molecule has 3 aromatic rings. The molecule has 8 nitrogen and oxygen atoms in total. The zero-order valence-corrected chi connectivity index (χ0v) is 16.5. The summed E-state index contributed by atoms with van der Waals surface area (Å²) >= 11 is 0. The number of aromatic nitrogens is 2. The highest BCUT2D eigenvalue weighted by atomic mass is 32.2. The minimum absolute atomic E-state index is 0.0253. The summed E-state index contributed by atoms with van der Waals surface area (Å²) in [5.74, 6) is -3.20. The highest BCUT2D eigenvalue weighted by molar-refractivity contribution is 7.90. The Balaban J connectivity index is 1.98. The third kappa shape index (κ3) is 4.35. The molecule has 11 heteroatoms. The topological polar surface area (TPSA) is 107 Å². The van der Waals surface area contributed by atoms with E-state index in [4.69, 9.17) is 4.74 Å². The predicted octanol–water partition coefficient (Wildman–Crippen LogP) is 2.18. The number of hydrogen-bond donors (Lipinski definition) is 1. The highest BCUT2D eigenvalue weighted by Crippen LogP contribution is 2.18. The van der Waals surface area contributed by atoms with E-state index in [1.165, 1.54) is 37.4 Å². The smallest absolute Gasteiger partial charge is 0.280 e. The van der Waals surface area contributed by atoms with Crippen LogP contribution in [-0.4, -0.2) is 37.5 Å². The number of hydrogen-bond acceptors (Lipinski definition) is 6. The van der Waals surface area contributed by atoms with Gasteiger partial charge in [0, 0.05) is 18.0 Å². The largest absolute Gasteiger partial charge is 0.481 e. The molecule has 0 unspecified atom stereocenters. The molecule has 0 saturated heterocycles. The maximum atomic E-state index is 13.6. The SMILES string of the molecule is COc1cc(=O)c(C(=O)Nc2ccc(S(C)(=O)=O)cc2)nn1-c1ccc(F)c(F)c1. The van der Waals surface area contributed by atoms with Gasteiger partial charge >= 0.3 is 0 Å². The fourth-order valence-electron chi connectivity index (χ4n) is 2.52. The number of rotatable bonds is 5. The number of carbonyl (C=O) groups excluding carboxylic acids is 1. The Bertz CT molecular complexity index is 1290. The van der Waals surface area contributed by atoms with E-state index in [1.807, 2.05) is 0 Å². The molecule has 1 heterocycles. The molecule has 1 aromatic heterocycles. The van der Waals surface area contributed by atoms with E-state index >= 15 is 0 Å². The molecule has 0 aliphatic rings. The van der Waals surface area contributed by atoms with E-state index in [9.17, 15) is 26.8 Å². The van der Waals surface area contributed by atoms with Crippen molar-refractivity contribution in [3.63, 3.8) is 0 Å². The number of halogens is 2. The first-order chi connectivity index (χ1) is 14.1. The second-order valence-electron chi connectivity index (χ2n) is 6.16. The zero-order chi connectivity index (χ0) is 22.1. The van der Waals surface area contributed by atoms with E-state index in [-0.39, 0.29) is 22.2 Å². The van der Waals surface area contributed by atoms with Gasteiger partial charge in [-0.3, -0.25) is 9.59 Å². The van der Waals surface area contributed by atoms with Gasteiger partial charge in [0.05, 0.1) is 23.8 Å². The van der Waals surface area contributed by atoms with Crippen molar-refractivity contribution in [2.24, 2.45) is 0 Å². The lowest BCUT2D eigenvalue weighted by Crippen LogP contribution is -2.26. The fourth-order valence-corrected chi connectivity index (χ4v) is 3.15. The summed E-state index contributed by atoms with van der Waals surface area (Å²) in [5, 5.41) is 6.35. The number of methoxy groups -OCH3 is 1. The molecule has 1 amide bonds. The van der Waals surface area contributed by atoms with Crippen LogP contribution in [0.5, 0.6) is 5.88 Å². The Morgan fingerprint density at radius 2 is 1.73 bits per heavy atom. The van der Waals surface area contributed by atoms with E-state index < -0.39 is 38.5 Å². The quantitative estimate of drug-likeness (QED) is 0.658. The fraction of sp³-hybridized carbons (Fsp3) is 0.105. The van der Waals surface area contributed by atoms with Gasteiger partial charge in [-0.05, 0) is 36.4 Å². The zero-order valence-electron chi connectivity index (χ0n) is 15.7. The van der Waals surface area contributed by atoms with Crippen molar-refractivity contribution in [1.82, 2.24) is 9.78 Å². The van der Waals surface area contributed by atoms with Crippen LogP contribution in [0.15, 0.2) is 58.2 Å². The summed E-state index contributed by atoms with van der Waals surface area (Å²) in [6.07, 6.45) is 1.04. The van der Waals surface area contributed by atoms with Crippen LogP contribution in [0.4, 0.5) is 14.5 Å². The van der Waals surface area contributed by atoms with Crippen molar-refractivity contribution in [3.05, 3.63) is 76.1 Å². The van der Waals surface area contributed by atoms with Gasteiger partial charge in [-0.15, -0.1) is 0 Å². The predicted molar refractivity (Wildman–Crippen MR) is 104 cm³/mol. The van der Waals surface area contributed by atoms with Crippen molar-refractivity contribution >= 4 is 21.4 Å². The molecule has 0 atom stereocenters. The van der Waals surface area contributed by atoms with Crippen LogP contribution in [0.2, 0.25) is 0 Å². The van der Waals surface area contributed by atoms with Crippen LogP contribution >= 0.6 is 0 Å². The first-order valence-electron chi connectivity index (χ1n) is 8.35. The van der Waals surface area contributed by atoms with Gasteiger partial charge in [0.2, 0.25) is 11.3 Å². The molecule has 0 bridgehead atoms. The molecular weight excluding hydrogens is 420 g/mol. The molecular formula is C19H15F2N3O5S. The summed E-state index contributed by atoms with van der Waals surface area (Å²) in [6.45, 7) is 0. The maximum Gasteiger partial charge on any atom is 0.280 e. The summed E-state index contributed by atoms with van der Waals surface area (Å²) in [7, 11) is -2.16. The molecule has 30 heavy (non-hydrogen) atoms. The van der Waals surface area contributed by atoms with Gasteiger partial charge in [-0.25, -0.2) is 21.9 Å². The van der Waals surface area contributed by atoms with Crippen LogP contribution < -0.4 is 15.5 Å². The Kier molecular flexibility index (Phi) is 5.65. The summed E-state index contributed by atoms with van der Waals surface area (Å²) in [6, 6.07) is 9.18. The normalized spacial score (nSPS) is 11.2. The van der Waals surface area contributed by atoms with Crippen LogP contribution in [0.1, 0.15) is 10.5 Å². The number of carbonyl (C=O) groups is 1. The van der Waals surface area contributed by atoms with Crippen molar-refractivity contribution in [2.45, 2.75) is 4.90 Å². The van der Waals surface area contributed by atoms with Crippen LogP contribution in [-0.2, 0) is 9.84 Å².